The van der Waals surface area contributed by atoms with Gasteiger partial charge in [0, 0.05) is 10.4 Å². The summed E-state index contributed by atoms with van der Waals surface area (Å²) in [4.78, 5) is 1.16. The van der Waals surface area contributed by atoms with Gasteiger partial charge in [0.2, 0.25) is 0 Å². The molecule has 0 bridgehead atoms. The molecule has 2 rings (SSSR count). The summed E-state index contributed by atoms with van der Waals surface area (Å²) in [5.74, 6) is 0.817. The Morgan fingerprint density at radius 2 is 2.33 bits per heavy atom. The zero-order valence-electron chi connectivity index (χ0n) is 7.88. The first-order valence-electron chi connectivity index (χ1n) is 4.36. The van der Waals surface area contributed by atoms with Gasteiger partial charge in [-0.15, -0.1) is 11.3 Å². The Bertz CT molecular complexity index is 453. The number of amidine groups is 1. The monoisotopic (exact) mass is 222 g/mol. The number of rotatable bonds is 3. The fraction of sp³-hybridized carbons (Fsp3) is 0.100. The van der Waals surface area contributed by atoms with Crippen molar-refractivity contribution in [3.05, 3.63) is 29.6 Å². The molecule has 5 heteroatoms. The SMILES string of the molecule is NC(COc1ccc2scccc1-2)=NO. The first-order chi connectivity index (χ1) is 7.31. The van der Waals surface area contributed by atoms with Crippen LogP contribution in [0.1, 0.15) is 0 Å². The number of oxime groups is 1. The first kappa shape index (κ1) is 9.79. The minimum absolute atomic E-state index is 0.0592. The molecule has 0 aromatic rings. The normalized spacial score (nSPS) is 11.9. The average molecular weight is 222 g/mol. The maximum atomic E-state index is 8.36. The third kappa shape index (κ3) is 2.02. The third-order valence-electron chi connectivity index (χ3n) is 1.96. The van der Waals surface area contributed by atoms with Gasteiger partial charge in [0.25, 0.3) is 0 Å². The Labute approximate surface area is 90.9 Å². The summed E-state index contributed by atoms with van der Waals surface area (Å²) in [6.45, 7) is 0.0924. The highest BCUT2D eigenvalue weighted by Crippen LogP contribution is 2.36. The molecule has 1 aliphatic carbocycles. The van der Waals surface area contributed by atoms with Crippen LogP contribution in [-0.2, 0) is 0 Å². The van der Waals surface area contributed by atoms with Crippen molar-refractivity contribution in [2.24, 2.45) is 10.9 Å². The van der Waals surface area contributed by atoms with E-state index < -0.39 is 0 Å². The molecule has 78 valence electrons. The fourth-order valence-electron chi connectivity index (χ4n) is 1.27. The molecular formula is C10H10N2O2S. The molecule has 3 N–H and O–H groups in total. The van der Waals surface area contributed by atoms with Gasteiger partial charge in [-0.3, -0.25) is 0 Å². The molecule has 4 nitrogen and oxygen atoms in total. The van der Waals surface area contributed by atoms with Gasteiger partial charge in [-0.1, -0.05) is 11.2 Å². The van der Waals surface area contributed by atoms with E-state index in [-0.39, 0.29) is 12.4 Å². The summed E-state index contributed by atoms with van der Waals surface area (Å²) in [5, 5.41) is 13.2. The quantitative estimate of drug-likeness (QED) is 0.361. The van der Waals surface area contributed by atoms with E-state index in [0.717, 1.165) is 16.2 Å². The molecule has 0 saturated carbocycles. The molecule has 0 radical (unpaired) electrons. The summed E-state index contributed by atoms with van der Waals surface area (Å²) in [6.07, 6.45) is 0. The number of ether oxygens (including phenoxy) is 1. The molecule has 0 unspecified atom stereocenters. The number of hydrogen-bond donors (Lipinski definition) is 2. The standard InChI is InChI=1S/C10H10N2O2S/c11-10(12-13)6-14-8-3-4-9-7(8)2-1-5-15-9/h1-5,13H,6H2,(H2,11,12). The molecular weight excluding hydrogens is 212 g/mol. The lowest BCUT2D eigenvalue weighted by Gasteiger charge is -2.05. The molecule has 0 amide bonds. The van der Waals surface area contributed by atoms with Crippen molar-refractivity contribution in [3.8, 4) is 16.2 Å². The highest BCUT2D eigenvalue weighted by atomic mass is 32.1. The van der Waals surface area contributed by atoms with Crippen molar-refractivity contribution in [3.63, 3.8) is 0 Å². The van der Waals surface area contributed by atoms with Crippen LogP contribution in [0.3, 0.4) is 0 Å². The second-order valence-electron chi connectivity index (χ2n) is 2.97. The van der Waals surface area contributed by atoms with Crippen molar-refractivity contribution >= 4 is 17.2 Å². The van der Waals surface area contributed by atoms with Crippen molar-refractivity contribution < 1.29 is 9.94 Å². The maximum Gasteiger partial charge on any atom is 0.177 e. The molecule has 1 aliphatic heterocycles. The van der Waals surface area contributed by atoms with Crippen LogP contribution in [0.15, 0.2) is 34.8 Å². The van der Waals surface area contributed by atoms with E-state index in [1.54, 1.807) is 11.3 Å². The van der Waals surface area contributed by atoms with E-state index in [4.69, 9.17) is 15.7 Å². The van der Waals surface area contributed by atoms with Crippen LogP contribution < -0.4 is 10.5 Å². The third-order valence-corrected chi connectivity index (χ3v) is 2.86. The summed E-state index contributed by atoms with van der Waals surface area (Å²) in [7, 11) is 0. The second kappa shape index (κ2) is 4.18. The molecule has 1 heterocycles. The minimum Gasteiger partial charge on any atom is -0.485 e. The van der Waals surface area contributed by atoms with Gasteiger partial charge in [0.15, 0.2) is 5.84 Å². The highest BCUT2D eigenvalue weighted by Gasteiger charge is 2.10. The lowest BCUT2D eigenvalue weighted by Crippen LogP contribution is -2.20. The number of nitrogens with zero attached hydrogens (tertiary/aromatic N) is 1. The molecule has 0 atom stereocenters. The summed E-state index contributed by atoms with van der Waals surface area (Å²) in [6, 6.07) is 7.81. The van der Waals surface area contributed by atoms with Crippen LogP contribution in [0, 0.1) is 0 Å². The Balaban J connectivity index is 2.16. The molecule has 0 aromatic carbocycles. The van der Waals surface area contributed by atoms with Gasteiger partial charge in [0.05, 0.1) is 0 Å². The van der Waals surface area contributed by atoms with Crippen LogP contribution in [0.4, 0.5) is 0 Å². The number of fused-ring (bicyclic) bond motifs is 1. The van der Waals surface area contributed by atoms with Gasteiger partial charge in [-0.25, -0.2) is 0 Å². The predicted molar refractivity (Wildman–Crippen MR) is 59.8 cm³/mol. The molecule has 0 spiro atoms. The zero-order valence-corrected chi connectivity index (χ0v) is 8.70. The average Bonchev–Trinajstić information content (AvgIpc) is 2.69. The summed E-state index contributed by atoms with van der Waals surface area (Å²) in [5.41, 5.74) is 6.36. The van der Waals surface area contributed by atoms with Gasteiger partial charge in [-0.05, 0) is 23.6 Å². The van der Waals surface area contributed by atoms with Crippen molar-refractivity contribution in [2.75, 3.05) is 6.61 Å². The van der Waals surface area contributed by atoms with Crippen LogP contribution in [0.5, 0.6) is 5.75 Å². The van der Waals surface area contributed by atoms with Crippen molar-refractivity contribution in [2.45, 2.75) is 0 Å². The van der Waals surface area contributed by atoms with E-state index in [1.165, 1.54) is 0 Å². The van der Waals surface area contributed by atoms with Crippen molar-refractivity contribution in [1.29, 1.82) is 0 Å². The molecule has 15 heavy (non-hydrogen) atoms. The van der Waals surface area contributed by atoms with E-state index in [2.05, 4.69) is 5.16 Å². The topological polar surface area (TPSA) is 67.8 Å². The van der Waals surface area contributed by atoms with Gasteiger partial charge in [0.1, 0.15) is 12.4 Å². The fourth-order valence-corrected chi connectivity index (χ4v) is 2.02. The summed E-state index contributed by atoms with van der Waals surface area (Å²) >= 11 is 1.65. The molecule has 0 aromatic heterocycles. The zero-order chi connectivity index (χ0) is 10.7. The summed E-state index contributed by atoms with van der Waals surface area (Å²) < 4.78 is 5.40. The number of nitrogens with two attached hydrogens (primary N) is 1. The van der Waals surface area contributed by atoms with Gasteiger partial charge in [-0.2, -0.15) is 0 Å². The van der Waals surface area contributed by atoms with Crippen LogP contribution >= 0.6 is 11.3 Å². The Morgan fingerprint density at radius 1 is 1.47 bits per heavy atom. The predicted octanol–water partition coefficient (Wildman–Crippen LogP) is 1.98. The molecule has 0 saturated heterocycles. The largest absolute Gasteiger partial charge is 0.485 e. The van der Waals surface area contributed by atoms with E-state index in [0.29, 0.717) is 0 Å². The minimum atomic E-state index is 0.0592. The van der Waals surface area contributed by atoms with E-state index in [9.17, 15) is 0 Å². The highest BCUT2D eigenvalue weighted by molar-refractivity contribution is 7.13. The van der Waals surface area contributed by atoms with E-state index in [1.807, 2.05) is 29.6 Å². The molecule has 2 aliphatic rings. The Hall–Kier alpha value is -1.75. The number of hydrogen-bond acceptors (Lipinski definition) is 4. The Morgan fingerprint density at radius 3 is 3.13 bits per heavy atom. The second-order valence-corrected chi connectivity index (χ2v) is 3.92. The lowest BCUT2D eigenvalue weighted by atomic mass is 10.3. The van der Waals surface area contributed by atoms with E-state index >= 15 is 0 Å². The first-order valence-corrected chi connectivity index (χ1v) is 5.24. The van der Waals surface area contributed by atoms with Gasteiger partial charge >= 0.3 is 0 Å². The van der Waals surface area contributed by atoms with Crippen LogP contribution in [0.2, 0.25) is 0 Å². The molecule has 0 fully saturated rings. The smallest absolute Gasteiger partial charge is 0.177 e. The maximum absolute atomic E-state index is 8.36. The van der Waals surface area contributed by atoms with Crippen molar-refractivity contribution in [1.82, 2.24) is 0 Å². The Kier molecular flexibility index (Phi) is 2.73. The van der Waals surface area contributed by atoms with Crippen LogP contribution in [0.25, 0.3) is 10.4 Å². The van der Waals surface area contributed by atoms with Gasteiger partial charge < -0.3 is 15.7 Å². The van der Waals surface area contributed by atoms with Crippen LogP contribution in [-0.4, -0.2) is 17.6 Å². The lowest BCUT2D eigenvalue weighted by molar-refractivity contribution is 0.306.